The van der Waals surface area contributed by atoms with E-state index < -0.39 is 0 Å². The van der Waals surface area contributed by atoms with Gasteiger partial charge in [0.25, 0.3) is 0 Å². The van der Waals surface area contributed by atoms with E-state index in [0.717, 1.165) is 56.1 Å². The van der Waals surface area contributed by atoms with Crippen molar-refractivity contribution in [2.75, 3.05) is 45.3 Å². The summed E-state index contributed by atoms with van der Waals surface area (Å²) < 4.78 is 16.2. The number of hydrogen-bond acceptors (Lipinski definition) is 8. The number of methoxy groups -OCH3 is 2. The van der Waals surface area contributed by atoms with E-state index in [1.807, 2.05) is 18.2 Å². The third-order valence-corrected chi connectivity index (χ3v) is 7.85. The molecule has 9 nitrogen and oxygen atoms in total. The van der Waals surface area contributed by atoms with Gasteiger partial charge in [0.15, 0.2) is 11.5 Å². The number of nitrogens with one attached hydrogen (secondary N) is 1. The number of benzene rings is 2. The molecule has 5 rings (SSSR count). The Morgan fingerprint density at radius 1 is 1.03 bits per heavy atom. The molecule has 1 amide bonds. The van der Waals surface area contributed by atoms with Crippen molar-refractivity contribution in [1.82, 2.24) is 20.4 Å². The highest BCUT2D eigenvalue weighted by Crippen LogP contribution is 2.31. The Balaban J connectivity index is 1.07. The molecular weight excluding hydrogens is 494 g/mol. The molecule has 0 saturated carbocycles. The average Bonchev–Trinajstić information content (AvgIpc) is 3.44. The van der Waals surface area contributed by atoms with Gasteiger partial charge in [-0.25, -0.2) is 0 Å². The first-order valence-corrected chi connectivity index (χ1v) is 13.9. The number of aromatic nitrogens is 2. The number of carbonyl (C=O) groups excluding carboxylic acids is 1. The third kappa shape index (κ3) is 6.71. The predicted molar refractivity (Wildman–Crippen MR) is 150 cm³/mol. The van der Waals surface area contributed by atoms with E-state index in [1.165, 1.54) is 18.5 Å². The van der Waals surface area contributed by atoms with E-state index in [2.05, 4.69) is 56.4 Å². The van der Waals surface area contributed by atoms with Crippen LogP contribution in [0.4, 0.5) is 5.69 Å². The van der Waals surface area contributed by atoms with Gasteiger partial charge >= 0.3 is 0 Å². The Labute approximate surface area is 230 Å². The largest absolute Gasteiger partial charge is 0.493 e. The maximum atomic E-state index is 12.8. The van der Waals surface area contributed by atoms with Crippen molar-refractivity contribution >= 4 is 11.6 Å². The second kappa shape index (κ2) is 12.5. The minimum Gasteiger partial charge on any atom is -0.493 e. The molecule has 1 aromatic heterocycles. The highest BCUT2D eigenvalue weighted by atomic mass is 16.5. The molecule has 1 unspecified atom stereocenters. The van der Waals surface area contributed by atoms with Gasteiger partial charge in [-0.05, 0) is 80.6 Å². The van der Waals surface area contributed by atoms with Crippen molar-refractivity contribution in [2.45, 2.75) is 45.7 Å². The van der Waals surface area contributed by atoms with Crippen molar-refractivity contribution < 1.29 is 18.8 Å². The maximum absolute atomic E-state index is 12.8. The van der Waals surface area contributed by atoms with Crippen LogP contribution in [0.3, 0.4) is 0 Å². The average molecular weight is 534 g/mol. The number of likely N-dealkylation sites (tertiary alicyclic amines) is 1. The maximum Gasteiger partial charge on any atom is 0.241 e. The van der Waals surface area contributed by atoms with Crippen LogP contribution in [0, 0.1) is 11.8 Å². The van der Waals surface area contributed by atoms with Crippen molar-refractivity contribution in [3.63, 3.8) is 0 Å². The van der Waals surface area contributed by atoms with Crippen LogP contribution in [0.15, 0.2) is 47.0 Å². The summed E-state index contributed by atoms with van der Waals surface area (Å²) in [6, 6.07) is 14.2. The number of ether oxygens (including phenoxy) is 2. The number of amides is 1. The molecule has 9 heteroatoms. The van der Waals surface area contributed by atoms with Gasteiger partial charge in [0.05, 0.1) is 20.8 Å². The minimum atomic E-state index is 0.0281. The molecular formula is C30H39N5O4. The summed E-state index contributed by atoms with van der Waals surface area (Å²) in [5.74, 6) is 3.25. The molecule has 2 fully saturated rings. The summed E-state index contributed by atoms with van der Waals surface area (Å²) in [6.07, 6.45) is 4.20. The van der Waals surface area contributed by atoms with Crippen LogP contribution in [-0.4, -0.2) is 61.3 Å². The van der Waals surface area contributed by atoms with Crippen LogP contribution in [0.1, 0.15) is 44.1 Å². The van der Waals surface area contributed by atoms with Gasteiger partial charge in [-0.2, -0.15) is 4.98 Å². The van der Waals surface area contributed by atoms with Crippen LogP contribution < -0.4 is 19.7 Å². The fourth-order valence-electron chi connectivity index (χ4n) is 5.54. The van der Waals surface area contributed by atoms with E-state index in [-0.39, 0.29) is 11.8 Å². The summed E-state index contributed by atoms with van der Waals surface area (Å²) >= 11 is 0. The highest BCUT2D eigenvalue weighted by molar-refractivity contribution is 5.78. The standard InChI is InChI=1S/C30H39N5O4/c1-21-5-4-14-35(19-21)25-9-6-22(7-10-25)18-31-30(36)23-12-15-34(16-13-23)20-28-32-29(33-39-28)24-8-11-26(37-2)27(17-24)38-3/h6-11,17,21,23H,4-5,12-16,18-20H2,1-3H3,(H,31,36). The minimum absolute atomic E-state index is 0.0281. The fraction of sp³-hybridized carbons (Fsp3) is 0.500. The van der Waals surface area contributed by atoms with E-state index >= 15 is 0 Å². The number of hydrogen-bond donors (Lipinski definition) is 1. The topological polar surface area (TPSA) is 93.0 Å². The second-order valence-electron chi connectivity index (χ2n) is 10.7. The quantitative estimate of drug-likeness (QED) is 0.429. The normalized spacial score (nSPS) is 18.6. The molecule has 2 aliphatic rings. The molecule has 2 aromatic carbocycles. The predicted octanol–water partition coefficient (Wildman–Crippen LogP) is 4.52. The molecule has 0 radical (unpaired) electrons. The van der Waals surface area contributed by atoms with Gasteiger partial charge in [-0.15, -0.1) is 0 Å². The molecule has 0 spiro atoms. The Morgan fingerprint density at radius 2 is 1.79 bits per heavy atom. The summed E-state index contributed by atoms with van der Waals surface area (Å²) in [7, 11) is 3.20. The third-order valence-electron chi connectivity index (χ3n) is 7.85. The number of rotatable bonds is 9. The summed E-state index contributed by atoms with van der Waals surface area (Å²) in [4.78, 5) is 22.1. The highest BCUT2D eigenvalue weighted by Gasteiger charge is 2.26. The zero-order chi connectivity index (χ0) is 27.2. The van der Waals surface area contributed by atoms with Crippen LogP contribution in [0.25, 0.3) is 11.4 Å². The molecule has 3 aromatic rings. The van der Waals surface area contributed by atoms with Crippen molar-refractivity contribution in [1.29, 1.82) is 0 Å². The van der Waals surface area contributed by atoms with Crippen LogP contribution in [0.2, 0.25) is 0 Å². The van der Waals surface area contributed by atoms with Gasteiger partial charge in [0.1, 0.15) is 0 Å². The van der Waals surface area contributed by atoms with E-state index in [0.29, 0.717) is 36.3 Å². The number of piperidine rings is 2. The lowest BCUT2D eigenvalue weighted by Gasteiger charge is -2.33. The molecule has 2 saturated heterocycles. The van der Waals surface area contributed by atoms with Gasteiger partial charge in [-0.1, -0.05) is 24.2 Å². The second-order valence-corrected chi connectivity index (χ2v) is 10.7. The SMILES string of the molecule is COc1ccc(-c2noc(CN3CCC(C(=O)NCc4ccc(N5CCCC(C)C5)cc4)CC3)n2)cc1OC. The summed E-state index contributed by atoms with van der Waals surface area (Å²) in [5.41, 5.74) is 3.21. The Hall–Kier alpha value is -3.59. The molecule has 208 valence electrons. The van der Waals surface area contributed by atoms with Crippen molar-refractivity contribution in [3.8, 4) is 22.9 Å². The zero-order valence-corrected chi connectivity index (χ0v) is 23.2. The molecule has 39 heavy (non-hydrogen) atoms. The molecule has 3 heterocycles. The van der Waals surface area contributed by atoms with Crippen LogP contribution in [0.5, 0.6) is 11.5 Å². The Morgan fingerprint density at radius 3 is 2.51 bits per heavy atom. The summed E-state index contributed by atoms with van der Waals surface area (Å²) in [6.45, 7) is 7.34. The van der Waals surface area contributed by atoms with Gasteiger partial charge < -0.3 is 24.2 Å². The van der Waals surface area contributed by atoms with Crippen molar-refractivity contribution in [2.24, 2.45) is 11.8 Å². The van der Waals surface area contributed by atoms with Crippen molar-refractivity contribution in [3.05, 3.63) is 53.9 Å². The number of anilines is 1. The molecule has 0 aliphatic carbocycles. The lowest BCUT2D eigenvalue weighted by Crippen LogP contribution is -2.40. The smallest absolute Gasteiger partial charge is 0.241 e. The fourth-order valence-corrected chi connectivity index (χ4v) is 5.54. The zero-order valence-electron chi connectivity index (χ0n) is 23.2. The van der Waals surface area contributed by atoms with Gasteiger partial charge in [-0.3, -0.25) is 9.69 Å². The number of nitrogens with zero attached hydrogens (tertiary/aromatic N) is 4. The van der Waals surface area contributed by atoms with E-state index in [9.17, 15) is 4.79 Å². The Bertz CT molecular complexity index is 1240. The molecule has 1 atom stereocenters. The van der Waals surface area contributed by atoms with E-state index in [1.54, 1.807) is 14.2 Å². The summed E-state index contributed by atoms with van der Waals surface area (Å²) in [5, 5.41) is 7.29. The molecule has 2 aliphatic heterocycles. The van der Waals surface area contributed by atoms with Crippen LogP contribution >= 0.6 is 0 Å². The molecule has 0 bridgehead atoms. The Kier molecular flexibility index (Phi) is 8.66. The lowest BCUT2D eigenvalue weighted by atomic mass is 9.96. The number of carbonyl (C=O) groups is 1. The van der Waals surface area contributed by atoms with Crippen LogP contribution in [-0.2, 0) is 17.9 Å². The molecule has 1 N–H and O–H groups in total. The lowest BCUT2D eigenvalue weighted by molar-refractivity contribution is -0.126. The van der Waals surface area contributed by atoms with Gasteiger partial charge in [0.2, 0.25) is 17.6 Å². The first kappa shape index (κ1) is 27.0. The monoisotopic (exact) mass is 533 g/mol. The van der Waals surface area contributed by atoms with Gasteiger partial charge in [0, 0.05) is 36.8 Å². The first-order chi connectivity index (χ1) is 19.0. The first-order valence-electron chi connectivity index (χ1n) is 13.9. The van der Waals surface area contributed by atoms with E-state index in [4.69, 9.17) is 14.0 Å².